The predicted molar refractivity (Wildman–Crippen MR) is 104 cm³/mol. The number of carbonyl (C=O) groups excluding carboxylic acids is 1. The van der Waals surface area contributed by atoms with Gasteiger partial charge in [-0.15, -0.1) is 0 Å². The van der Waals surface area contributed by atoms with Crippen LogP contribution in [0.4, 0.5) is 5.69 Å². The van der Waals surface area contributed by atoms with Crippen LogP contribution in [0, 0.1) is 4.77 Å². The maximum atomic E-state index is 12.2. The second kappa shape index (κ2) is 8.16. The van der Waals surface area contributed by atoms with Crippen molar-refractivity contribution in [3.05, 3.63) is 58.3 Å². The molecule has 0 unspecified atom stereocenters. The van der Waals surface area contributed by atoms with Gasteiger partial charge in [0, 0.05) is 29.2 Å². The van der Waals surface area contributed by atoms with Crippen LogP contribution in [0.5, 0.6) is 5.75 Å². The van der Waals surface area contributed by atoms with E-state index in [-0.39, 0.29) is 12.3 Å². The molecule has 0 aliphatic rings. The fourth-order valence-electron chi connectivity index (χ4n) is 2.46. The van der Waals surface area contributed by atoms with Crippen LogP contribution >= 0.6 is 23.8 Å². The number of aromatic amines is 1. The highest BCUT2D eigenvalue weighted by Gasteiger charge is 2.11. The van der Waals surface area contributed by atoms with E-state index >= 15 is 0 Å². The summed E-state index contributed by atoms with van der Waals surface area (Å²) < 4.78 is 7.44. The third-order valence-electron chi connectivity index (χ3n) is 3.80. The van der Waals surface area contributed by atoms with E-state index in [0.29, 0.717) is 27.9 Å². The number of methoxy groups -OCH3 is 1. The number of benzene rings is 2. The summed E-state index contributed by atoms with van der Waals surface area (Å²) in [6.45, 7) is 0.413. The molecule has 0 saturated heterocycles. The van der Waals surface area contributed by atoms with Gasteiger partial charge in [-0.3, -0.25) is 14.5 Å². The molecular formula is C18H17ClN4O2S. The third-order valence-corrected chi connectivity index (χ3v) is 4.36. The van der Waals surface area contributed by atoms with E-state index in [9.17, 15) is 4.79 Å². The third kappa shape index (κ3) is 4.30. The van der Waals surface area contributed by atoms with Crippen molar-refractivity contribution in [3.8, 4) is 17.1 Å². The Hall–Kier alpha value is -2.64. The number of nitrogens with zero attached hydrogens (tertiary/aromatic N) is 2. The molecule has 2 aromatic carbocycles. The maximum absolute atomic E-state index is 12.2. The highest BCUT2D eigenvalue weighted by atomic mass is 35.5. The van der Waals surface area contributed by atoms with E-state index < -0.39 is 0 Å². The zero-order valence-corrected chi connectivity index (χ0v) is 15.6. The summed E-state index contributed by atoms with van der Waals surface area (Å²) >= 11 is 11.1. The summed E-state index contributed by atoms with van der Waals surface area (Å²) in [7, 11) is 1.62. The molecule has 0 bridgehead atoms. The Balaban J connectivity index is 1.69. The summed E-state index contributed by atoms with van der Waals surface area (Å²) in [5, 5.41) is 10.5. The van der Waals surface area contributed by atoms with Crippen LogP contribution in [-0.2, 0) is 11.3 Å². The molecule has 0 spiro atoms. The van der Waals surface area contributed by atoms with E-state index in [1.807, 2.05) is 24.3 Å². The van der Waals surface area contributed by atoms with Gasteiger partial charge < -0.3 is 10.1 Å². The zero-order valence-electron chi connectivity index (χ0n) is 14.0. The number of hydrogen-bond donors (Lipinski definition) is 2. The van der Waals surface area contributed by atoms with Crippen LogP contribution in [0.1, 0.15) is 6.42 Å². The van der Waals surface area contributed by atoms with Gasteiger partial charge in [-0.1, -0.05) is 11.6 Å². The number of carbonyl (C=O) groups is 1. The minimum Gasteiger partial charge on any atom is -0.497 e. The number of nitrogens with one attached hydrogen (secondary N) is 2. The van der Waals surface area contributed by atoms with E-state index in [0.717, 1.165) is 11.3 Å². The Morgan fingerprint density at radius 1 is 1.23 bits per heavy atom. The molecule has 3 aromatic rings. The molecule has 0 atom stereocenters. The van der Waals surface area contributed by atoms with Gasteiger partial charge in [0.1, 0.15) is 5.75 Å². The average molecular weight is 389 g/mol. The van der Waals surface area contributed by atoms with Crippen LogP contribution in [0.3, 0.4) is 0 Å². The molecule has 1 aromatic heterocycles. The van der Waals surface area contributed by atoms with Crippen LogP contribution in [0.2, 0.25) is 5.02 Å². The Bertz CT molecular complexity index is 949. The van der Waals surface area contributed by atoms with Crippen molar-refractivity contribution in [2.24, 2.45) is 0 Å². The molecule has 0 radical (unpaired) electrons. The fraction of sp³-hybridized carbons (Fsp3) is 0.167. The first-order chi connectivity index (χ1) is 12.6. The lowest BCUT2D eigenvalue weighted by Crippen LogP contribution is -2.15. The molecule has 26 heavy (non-hydrogen) atoms. The number of amides is 1. The molecular weight excluding hydrogens is 372 g/mol. The smallest absolute Gasteiger partial charge is 0.226 e. The number of ether oxygens (including phenoxy) is 1. The van der Waals surface area contributed by atoms with E-state index in [4.69, 9.17) is 28.6 Å². The molecule has 8 heteroatoms. The SMILES string of the molecule is COc1ccc(-c2n[nH]c(=S)n2CCC(=O)Nc2ccc(Cl)cc2)cc1. The standard InChI is InChI=1S/C18H17ClN4O2S/c1-25-15-8-2-12(3-9-15)17-21-22-18(26)23(17)11-10-16(24)20-14-6-4-13(19)5-7-14/h2-9H,10-11H2,1H3,(H,20,24)(H,22,26). The van der Waals surface area contributed by atoms with Crippen molar-refractivity contribution in [3.63, 3.8) is 0 Å². The molecule has 3 rings (SSSR count). The Kier molecular flexibility index (Phi) is 5.70. The second-order valence-corrected chi connectivity index (χ2v) is 6.36. The molecule has 134 valence electrons. The van der Waals surface area contributed by atoms with Crippen molar-refractivity contribution >= 4 is 35.4 Å². The van der Waals surface area contributed by atoms with Gasteiger partial charge in [0.15, 0.2) is 10.6 Å². The summed E-state index contributed by atoms with van der Waals surface area (Å²) in [6, 6.07) is 14.5. The van der Waals surface area contributed by atoms with E-state index in [1.54, 1.807) is 35.9 Å². The quantitative estimate of drug-likeness (QED) is 0.617. The van der Waals surface area contributed by atoms with Gasteiger partial charge >= 0.3 is 0 Å². The highest BCUT2D eigenvalue weighted by Crippen LogP contribution is 2.21. The predicted octanol–water partition coefficient (Wildman–Crippen LogP) is 4.30. The first-order valence-corrected chi connectivity index (χ1v) is 8.70. The topological polar surface area (TPSA) is 71.9 Å². The van der Waals surface area contributed by atoms with E-state index in [2.05, 4.69) is 15.5 Å². The molecule has 1 amide bonds. The number of hydrogen-bond acceptors (Lipinski definition) is 4. The lowest BCUT2D eigenvalue weighted by Gasteiger charge is -2.08. The van der Waals surface area contributed by atoms with Crippen molar-refractivity contribution in [2.45, 2.75) is 13.0 Å². The largest absolute Gasteiger partial charge is 0.497 e. The Morgan fingerprint density at radius 2 is 1.92 bits per heavy atom. The first-order valence-electron chi connectivity index (χ1n) is 7.92. The van der Waals surface area contributed by atoms with Crippen LogP contribution in [0.15, 0.2) is 48.5 Å². The monoisotopic (exact) mass is 388 g/mol. The van der Waals surface area contributed by atoms with Gasteiger partial charge in [0.2, 0.25) is 5.91 Å². The molecule has 0 aliphatic heterocycles. The zero-order chi connectivity index (χ0) is 18.5. The van der Waals surface area contributed by atoms with Crippen molar-refractivity contribution in [1.82, 2.24) is 14.8 Å². The second-order valence-electron chi connectivity index (χ2n) is 5.54. The first kappa shape index (κ1) is 18.2. The fourth-order valence-corrected chi connectivity index (χ4v) is 2.81. The number of H-pyrrole nitrogens is 1. The van der Waals surface area contributed by atoms with Crippen LogP contribution in [0.25, 0.3) is 11.4 Å². The van der Waals surface area contributed by atoms with Gasteiger partial charge in [0.05, 0.1) is 7.11 Å². The summed E-state index contributed by atoms with van der Waals surface area (Å²) in [5.74, 6) is 1.32. The van der Waals surface area contributed by atoms with Crippen molar-refractivity contribution in [2.75, 3.05) is 12.4 Å². The maximum Gasteiger partial charge on any atom is 0.226 e. The number of anilines is 1. The molecule has 0 fully saturated rings. The molecule has 1 heterocycles. The Labute approximate surface area is 160 Å². The molecule has 2 N–H and O–H groups in total. The van der Waals surface area contributed by atoms with Gasteiger partial charge in [0.25, 0.3) is 0 Å². The lowest BCUT2D eigenvalue weighted by molar-refractivity contribution is -0.116. The molecule has 6 nitrogen and oxygen atoms in total. The lowest BCUT2D eigenvalue weighted by atomic mass is 10.2. The average Bonchev–Trinajstić information content (AvgIpc) is 3.02. The number of rotatable bonds is 6. The molecule has 0 aliphatic carbocycles. The number of halogens is 1. The van der Waals surface area contributed by atoms with Crippen LogP contribution < -0.4 is 10.1 Å². The number of aromatic nitrogens is 3. The van der Waals surface area contributed by atoms with Crippen LogP contribution in [-0.4, -0.2) is 27.8 Å². The van der Waals surface area contributed by atoms with Gasteiger partial charge in [-0.2, -0.15) is 5.10 Å². The molecule has 0 saturated carbocycles. The Morgan fingerprint density at radius 3 is 2.58 bits per heavy atom. The summed E-state index contributed by atoms with van der Waals surface area (Å²) in [6.07, 6.45) is 0.264. The van der Waals surface area contributed by atoms with Gasteiger partial charge in [-0.25, -0.2) is 0 Å². The summed E-state index contributed by atoms with van der Waals surface area (Å²) in [5.41, 5.74) is 1.59. The van der Waals surface area contributed by atoms with Gasteiger partial charge in [-0.05, 0) is 60.7 Å². The van der Waals surface area contributed by atoms with Crippen molar-refractivity contribution < 1.29 is 9.53 Å². The van der Waals surface area contributed by atoms with E-state index in [1.165, 1.54) is 0 Å². The highest BCUT2D eigenvalue weighted by molar-refractivity contribution is 7.71. The normalized spacial score (nSPS) is 10.5. The van der Waals surface area contributed by atoms with Crippen molar-refractivity contribution in [1.29, 1.82) is 0 Å². The minimum atomic E-state index is -0.115. The summed E-state index contributed by atoms with van der Waals surface area (Å²) in [4.78, 5) is 12.2. The minimum absolute atomic E-state index is 0.115.